The van der Waals surface area contributed by atoms with Crippen molar-refractivity contribution in [3.05, 3.63) is 42.9 Å². The molecular weight excluding hydrogens is 366 g/mol. The Bertz CT molecular complexity index is 877. The van der Waals surface area contributed by atoms with Crippen LogP contribution in [0.25, 0.3) is 0 Å². The summed E-state index contributed by atoms with van der Waals surface area (Å²) in [7, 11) is -3.70. The van der Waals surface area contributed by atoms with Crippen LogP contribution in [-0.2, 0) is 14.8 Å². The lowest BCUT2D eigenvalue weighted by Gasteiger charge is -2.37. The first-order chi connectivity index (χ1) is 12.9. The first-order valence-corrected chi connectivity index (χ1v) is 10.3. The molecule has 1 saturated heterocycles. The number of anilines is 2. The number of aromatic nitrogens is 2. The minimum atomic E-state index is -3.70. The van der Waals surface area contributed by atoms with E-state index in [1.807, 2.05) is 18.7 Å². The molecule has 0 atom stereocenters. The van der Waals surface area contributed by atoms with Crippen molar-refractivity contribution in [1.29, 1.82) is 0 Å². The number of hydrogen-bond acceptors (Lipinski definition) is 6. The maximum atomic E-state index is 12.4. The van der Waals surface area contributed by atoms with Crippen LogP contribution in [0.15, 0.2) is 47.8 Å². The maximum absolute atomic E-state index is 12.4. The molecule has 1 N–H and O–H groups in total. The molecule has 0 unspecified atom stereocenters. The summed E-state index contributed by atoms with van der Waals surface area (Å²) in [6, 6.07) is 8.21. The Morgan fingerprint density at radius 3 is 2.30 bits per heavy atom. The van der Waals surface area contributed by atoms with Crippen LogP contribution in [0.4, 0.5) is 11.5 Å². The van der Waals surface area contributed by atoms with E-state index in [1.165, 1.54) is 18.6 Å². The molecule has 0 bridgehead atoms. The second-order valence-corrected chi connectivity index (χ2v) is 8.34. The van der Waals surface area contributed by atoms with Crippen molar-refractivity contribution in [1.82, 2.24) is 14.9 Å². The average molecular weight is 389 g/mol. The molecule has 8 nitrogen and oxygen atoms in total. The lowest BCUT2D eigenvalue weighted by Crippen LogP contribution is -2.49. The third-order valence-corrected chi connectivity index (χ3v) is 5.79. The van der Waals surface area contributed by atoms with Crippen LogP contribution in [0.5, 0.6) is 0 Å². The van der Waals surface area contributed by atoms with Gasteiger partial charge in [0.25, 0.3) is 10.0 Å². The molecule has 0 radical (unpaired) electrons. The molecule has 3 rings (SSSR count). The summed E-state index contributed by atoms with van der Waals surface area (Å²) in [6.07, 6.45) is 2.75. The normalized spacial score (nSPS) is 15.1. The highest BCUT2D eigenvalue weighted by molar-refractivity contribution is 7.92. The fourth-order valence-corrected chi connectivity index (χ4v) is 3.94. The van der Waals surface area contributed by atoms with Crippen molar-refractivity contribution in [2.45, 2.75) is 18.7 Å². The highest BCUT2D eigenvalue weighted by atomic mass is 32.2. The summed E-state index contributed by atoms with van der Waals surface area (Å²) in [4.78, 5) is 23.9. The largest absolute Gasteiger partial charge is 0.368 e. The number of nitrogens with one attached hydrogen (secondary N) is 1. The van der Waals surface area contributed by atoms with E-state index in [9.17, 15) is 13.2 Å². The SMILES string of the molecule is CC(C)C(=O)N1CCN(c2ccc(S(=O)(=O)Nc3ccncn3)cc2)CC1. The van der Waals surface area contributed by atoms with Crippen LogP contribution in [0, 0.1) is 5.92 Å². The van der Waals surface area contributed by atoms with Gasteiger partial charge in [-0.05, 0) is 30.3 Å². The van der Waals surface area contributed by atoms with Crippen molar-refractivity contribution >= 4 is 27.4 Å². The van der Waals surface area contributed by atoms with Gasteiger partial charge in [-0.2, -0.15) is 0 Å². The molecule has 9 heteroatoms. The van der Waals surface area contributed by atoms with Gasteiger partial charge in [0.15, 0.2) is 0 Å². The number of sulfonamides is 1. The van der Waals surface area contributed by atoms with E-state index >= 15 is 0 Å². The zero-order chi connectivity index (χ0) is 19.4. The Labute approximate surface area is 159 Å². The van der Waals surface area contributed by atoms with E-state index in [1.54, 1.807) is 24.3 Å². The summed E-state index contributed by atoms with van der Waals surface area (Å²) in [6.45, 7) is 6.61. The van der Waals surface area contributed by atoms with Crippen molar-refractivity contribution in [3.63, 3.8) is 0 Å². The zero-order valence-corrected chi connectivity index (χ0v) is 16.2. The molecule has 2 aromatic rings. The van der Waals surface area contributed by atoms with Crippen molar-refractivity contribution < 1.29 is 13.2 Å². The van der Waals surface area contributed by atoms with Crippen LogP contribution in [0.1, 0.15) is 13.8 Å². The zero-order valence-electron chi connectivity index (χ0n) is 15.4. The fourth-order valence-electron chi connectivity index (χ4n) is 2.93. The number of carbonyl (C=O) groups excluding carboxylic acids is 1. The highest BCUT2D eigenvalue weighted by Crippen LogP contribution is 2.21. The molecule has 1 aromatic carbocycles. The Kier molecular flexibility index (Phi) is 5.59. The van der Waals surface area contributed by atoms with Crippen LogP contribution < -0.4 is 9.62 Å². The lowest BCUT2D eigenvalue weighted by molar-refractivity contribution is -0.134. The van der Waals surface area contributed by atoms with E-state index in [0.717, 1.165) is 18.8 Å². The molecule has 144 valence electrons. The lowest BCUT2D eigenvalue weighted by atomic mass is 10.1. The van der Waals surface area contributed by atoms with Gasteiger partial charge < -0.3 is 9.80 Å². The van der Waals surface area contributed by atoms with Gasteiger partial charge in [-0.1, -0.05) is 13.8 Å². The minimum Gasteiger partial charge on any atom is -0.368 e. The summed E-state index contributed by atoms with van der Waals surface area (Å²) >= 11 is 0. The molecule has 2 heterocycles. The first kappa shape index (κ1) is 19.1. The first-order valence-electron chi connectivity index (χ1n) is 8.79. The third kappa shape index (κ3) is 4.54. The number of carbonyl (C=O) groups is 1. The van der Waals surface area contributed by atoms with E-state index in [-0.39, 0.29) is 22.5 Å². The quantitative estimate of drug-likeness (QED) is 0.834. The Morgan fingerprint density at radius 2 is 1.74 bits per heavy atom. The van der Waals surface area contributed by atoms with E-state index in [0.29, 0.717) is 13.1 Å². The van der Waals surface area contributed by atoms with Crippen LogP contribution in [0.3, 0.4) is 0 Å². The molecule has 1 aliphatic rings. The number of piperazine rings is 1. The standard InChI is InChI=1S/C18H23N5O3S/c1-14(2)18(24)23-11-9-22(10-12-23)15-3-5-16(6-4-15)27(25,26)21-17-7-8-19-13-20-17/h3-8,13-14H,9-12H2,1-2H3,(H,19,20,21). The number of amides is 1. The summed E-state index contributed by atoms with van der Waals surface area (Å²) in [5.41, 5.74) is 0.938. The molecule has 1 amide bonds. The van der Waals surface area contributed by atoms with Gasteiger partial charge in [-0.15, -0.1) is 0 Å². The van der Waals surface area contributed by atoms with Gasteiger partial charge >= 0.3 is 0 Å². The maximum Gasteiger partial charge on any atom is 0.263 e. The Hall–Kier alpha value is -2.68. The summed E-state index contributed by atoms with van der Waals surface area (Å²) < 4.78 is 27.3. The summed E-state index contributed by atoms with van der Waals surface area (Å²) in [5, 5.41) is 0. The van der Waals surface area contributed by atoms with Crippen molar-refractivity contribution in [2.75, 3.05) is 35.8 Å². The van der Waals surface area contributed by atoms with Gasteiger partial charge in [0, 0.05) is 44.0 Å². The fraction of sp³-hybridized carbons (Fsp3) is 0.389. The highest BCUT2D eigenvalue weighted by Gasteiger charge is 2.23. The van der Waals surface area contributed by atoms with E-state index < -0.39 is 10.0 Å². The number of rotatable bonds is 5. The van der Waals surface area contributed by atoms with Gasteiger partial charge in [0.1, 0.15) is 12.1 Å². The molecule has 1 fully saturated rings. The molecule has 27 heavy (non-hydrogen) atoms. The molecular formula is C18H23N5O3S. The van der Waals surface area contributed by atoms with Crippen LogP contribution >= 0.6 is 0 Å². The van der Waals surface area contributed by atoms with E-state index in [2.05, 4.69) is 19.6 Å². The summed E-state index contributed by atoms with van der Waals surface area (Å²) in [5.74, 6) is 0.398. The van der Waals surface area contributed by atoms with E-state index in [4.69, 9.17) is 0 Å². The Morgan fingerprint density at radius 1 is 1.07 bits per heavy atom. The second-order valence-electron chi connectivity index (χ2n) is 6.66. The molecule has 0 aliphatic carbocycles. The van der Waals surface area contributed by atoms with Gasteiger partial charge in [0.2, 0.25) is 5.91 Å². The smallest absolute Gasteiger partial charge is 0.263 e. The molecule has 0 spiro atoms. The van der Waals surface area contributed by atoms with Gasteiger partial charge in [-0.3, -0.25) is 9.52 Å². The molecule has 0 saturated carbocycles. The van der Waals surface area contributed by atoms with Crippen LogP contribution in [0.2, 0.25) is 0 Å². The van der Waals surface area contributed by atoms with Crippen LogP contribution in [-0.4, -0.2) is 55.4 Å². The number of benzene rings is 1. The number of hydrogen-bond donors (Lipinski definition) is 1. The number of nitrogens with zero attached hydrogens (tertiary/aromatic N) is 4. The third-order valence-electron chi connectivity index (χ3n) is 4.42. The van der Waals surface area contributed by atoms with Crippen molar-refractivity contribution in [2.24, 2.45) is 5.92 Å². The van der Waals surface area contributed by atoms with Crippen molar-refractivity contribution in [3.8, 4) is 0 Å². The predicted molar refractivity (Wildman–Crippen MR) is 103 cm³/mol. The topological polar surface area (TPSA) is 95.5 Å². The van der Waals surface area contributed by atoms with Gasteiger partial charge in [-0.25, -0.2) is 18.4 Å². The van der Waals surface area contributed by atoms with Gasteiger partial charge in [0.05, 0.1) is 4.90 Å². The predicted octanol–water partition coefficient (Wildman–Crippen LogP) is 1.58. The monoisotopic (exact) mass is 389 g/mol. The Balaban J connectivity index is 1.65. The minimum absolute atomic E-state index is 0.00317. The second kappa shape index (κ2) is 7.91. The molecule has 1 aromatic heterocycles. The molecule has 1 aliphatic heterocycles. The average Bonchev–Trinajstić information content (AvgIpc) is 2.68.